The molecule has 0 atom stereocenters. The van der Waals surface area contributed by atoms with Crippen molar-refractivity contribution >= 4 is 22.8 Å². The van der Waals surface area contributed by atoms with E-state index in [-0.39, 0.29) is 11.7 Å². The van der Waals surface area contributed by atoms with Gasteiger partial charge in [0.05, 0.1) is 0 Å². The molecule has 1 N–H and O–H groups in total. The van der Waals surface area contributed by atoms with Crippen LogP contribution in [-0.4, -0.2) is 21.2 Å². The second kappa shape index (κ2) is 5.50. The van der Waals surface area contributed by atoms with Crippen molar-refractivity contribution in [2.24, 2.45) is 0 Å². The molecular weight excluding hydrogens is 282 g/mol. The fourth-order valence-electron chi connectivity index (χ4n) is 2.00. The number of carboxylic acid groups (broad SMARTS) is 1. The fraction of sp³-hybridized carbons (Fsp3) is 0. The van der Waals surface area contributed by atoms with Gasteiger partial charge in [0.15, 0.2) is 5.82 Å². The summed E-state index contributed by atoms with van der Waals surface area (Å²) in [5.74, 6) is -1.03. The molecule has 0 unspecified atom stereocenters. The lowest BCUT2D eigenvalue weighted by molar-refractivity contribution is -0.132. The molecule has 22 heavy (non-hydrogen) atoms. The molecule has 2 aromatic carbocycles. The molecule has 0 bridgehead atoms. The first-order valence-corrected chi connectivity index (χ1v) is 6.35. The van der Waals surface area contributed by atoms with Gasteiger partial charge in [-0.25, -0.2) is 4.79 Å². The lowest BCUT2D eigenvalue weighted by Gasteiger charge is -1.98. The van der Waals surface area contributed by atoms with E-state index < -0.39 is 11.5 Å². The molecule has 0 saturated heterocycles. The summed E-state index contributed by atoms with van der Waals surface area (Å²) in [5, 5.41) is 23.3. The topological polar surface area (TPSA) is 100 Å². The Morgan fingerprint density at radius 1 is 1.23 bits per heavy atom. The van der Waals surface area contributed by atoms with E-state index in [1.807, 2.05) is 42.5 Å². The van der Waals surface area contributed by atoms with Gasteiger partial charge >= 0.3 is 5.97 Å². The average Bonchev–Trinajstić information content (AvgIpc) is 3.00. The van der Waals surface area contributed by atoms with Crippen molar-refractivity contribution in [3.05, 3.63) is 53.9 Å². The van der Waals surface area contributed by atoms with Gasteiger partial charge in [0.2, 0.25) is 0 Å². The molecule has 0 aliphatic carbocycles. The van der Waals surface area contributed by atoms with Gasteiger partial charge in [0.1, 0.15) is 11.6 Å². The van der Waals surface area contributed by atoms with Crippen LogP contribution in [0.15, 0.2) is 52.6 Å². The number of carbonyl (C=O) groups is 1. The molecule has 1 aromatic heterocycles. The van der Waals surface area contributed by atoms with Crippen molar-refractivity contribution in [1.82, 2.24) is 10.1 Å². The molecular formula is C16H9N3O3. The zero-order chi connectivity index (χ0) is 15.5. The first-order chi connectivity index (χ1) is 10.7. The lowest BCUT2D eigenvalue weighted by Crippen LogP contribution is -1.97. The molecule has 0 fully saturated rings. The molecule has 6 heteroatoms. The van der Waals surface area contributed by atoms with Crippen LogP contribution in [0, 0.1) is 11.3 Å². The molecule has 0 spiro atoms. The molecule has 3 aromatic rings. The minimum absolute atomic E-state index is 0.0436. The van der Waals surface area contributed by atoms with E-state index >= 15 is 0 Å². The highest BCUT2D eigenvalue weighted by Crippen LogP contribution is 2.23. The monoisotopic (exact) mass is 291 g/mol. The van der Waals surface area contributed by atoms with Gasteiger partial charge in [-0.15, -0.1) is 0 Å². The third-order valence-electron chi connectivity index (χ3n) is 3.06. The Hall–Kier alpha value is -3.46. The predicted octanol–water partition coefficient (Wildman–Crippen LogP) is 2.88. The number of fused-ring (bicyclic) bond motifs is 1. The minimum Gasteiger partial charge on any atom is -0.477 e. The SMILES string of the molecule is N#CC(=Cc1noc(-c2ccc3ccccc3c2)n1)C(=O)O. The van der Waals surface area contributed by atoms with Crippen LogP contribution in [0.2, 0.25) is 0 Å². The van der Waals surface area contributed by atoms with Gasteiger partial charge in [-0.05, 0) is 22.9 Å². The molecule has 0 aliphatic heterocycles. The maximum Gasteiger partial charge on any atom is 0.346 e. The van der Waals surface area contributed by atoms with E-state index in [1.165, 1.54) is 0 Å². The van der Waals surface area contributed by atoms with E-state index in [0.717, 1.165) is 22.4 Å². The third kappa shape index (κ3) is 2.55. The fourth-order valence-corrected chi connectivity index (χ4v) is 2.00. The summed E-state index contributed by atoms with van der Waals surface area (Å²) in [6.45, 7) is 0. The zero-order valence-corrected chi connectivity index (χ0v) is 11.2. The van der Waals surface area contributed by atoms with Crippen LogP contribution < -0.4 is 0 Å². The van der Waals surface area contributed by atoms with Crippen molar-refractivity contribution in [2.45, 2.75) is 0 Å². The summed E-state index contributed by atoms with van der Waals surface area (Å²) in [6.07, 6.45) is 1.07. The number of hydrogen-bond acceptors (Lipinski definition) is 5. The number of carboxylic acids is 1. The number of rotatable bonds is 3. The van der Waals surface area contributed by atoms with E-state index in [4.69, 9.17) is 14.9 Å². The van der Waals surface area contributed by atoms with Crippen molar-refractivity contribution in [2.75, 3.05) is 0 Å². The van der Waals surface area contributed by atoms with E-state index in [0.29, 0.717) is 0 Å². The number of nitrogens with zero attached hydrogens (tertiary/aromatic N) is 3. The quantitative estimate of drug-likeness (QED) is 0.588. The molecule has 106 valence electrons. The number of aromatic nitrogens is 2. The summed E-state index contributed by atoms with van der Waals surface area (Å²) in [6, 6.07) is 15.1. The van der Waals surface area contributed by atoms with Crippen LogP contribution in [0.4, 0.5) is 0 Å². The predicted molar refractivity (Wildman–Crippen MR) is 78.5 cm³/mol. The Kier molecular flexibility index (Phi) is 3.38. The standard InChI is InChI=1S/C16H9N3O3/c17-9-13(16(20)21)8-14-18-15(22-19-14)12-6-5-10-3-1-2-4-11(10)7-12/h1-8H,(H,20,21). The number of aliphatic carboxylic acids is 1. The van der Waals surface area contributed by atoms with E-state index in [2.05, 4.69) is 10.1 Å². The molecule has 0 amide bonds. The minimum atomic E-state index is -1.33. The highest BCUT2D eigenvalue weighted by atomic mass is 16.5. The molecule has 3 rings (SSSR count). The van der Waals surface area contributed by atoms with Crippen LogP contribution in [0.3, 0.4) is 0 Å². The molecule has 0 aliphatic rings. The average molecular weight is 291 g/mol. The highest BCUT2D eigenvalue weighted by Gasteiger charge is 2.11. The summed E-state index contributed by atoms with van der Waals surface area (Å²) in [4.78, 5) is 14.9. The summed E-state index contributed by atoms with van der Waals surface area (Å²) in [7, 11) is 0. The largest absolute Gasteiger partial charge is 0.477 e. The Bertz CT molecular complexity index is 935. The maximum atomic E-state index is 10.8. The first-order valence-electron chi connectivity index (χ1n) is 6.35. The third-order valence-corrected chi connectivity index (χ3v) is 3.06. The second-order valence-corrected chi connectivity index (χ2v) is 4.49. The Morgan fingerprint density at radius 3 is 2.73 bits per heavy atom. The van der Waals surface area contributed by atoms with Crippen molar-refractivity contribution < 1.29 is 14.4 Å². The van der Waals surface area contributed by atoms with Gasteiger partial charge in [0, 0.05) is 11.6 Å². The van der Waals surface area contributed by atoms with Gasteiger partial charge in [-0.1, -0.05) is 35.5 Å². The summed E-state index contributed by atoms with van der Waals surface area (Å²) in [5.41, 5.74) is 0.269. The Morgan fingerprint density at radius 2 is 2.00 bits per heavy atom. The van der Waals surface area contributed by atoms with Gasteiger partial charge in [0.25, 0.3) is 5.89 Å². The van der Waals surface area contributed by atoms with Crippen LogP contribution in [0.1, 0.15) is 5.82 Å². The molecule has 6 nitrogen and oxygen atoms in total. The number of hydrogen-bond donors (Lipinski definition) is 1. The van der Waals surface area contributed by atoms with E-state index in [1.54, 1.807) is 6.07 Å². The second-order valence-electron chi connectivity index (χ2n) is 4.49. The van der Waals surface area contributed by atoms with Crippen LogP contribution >= 0.6 is 0 Å². The van der Waals surface area contributed by atoms with Crippen LogP contribution in [0.5, 0.6) is 0 Å². The van der Waals surface area contributed by atoms with E-state index in [9.17, 15) is 4.79 Å². The van der Waals surface area contributed by atoms with Crippen LogP contribution in [0.25, 0.3) is 28.3 Å². The maximum absolute atomic E-state index is 10.8. The number of benzene rings is 2. The lowest BCUT2D eigenvalue weighted by atomic mass is 10.1. The van der Waals surface area contributed by atoms with Gasteiger partial charge < -0.3 is 9.63 Å². The summed E-state index contributed by atoms with van der Waals surface area (Å²) < 4.78 is 5.12. The molecule has 0 radical (unpaired) electrons. The molecule has 1 heterocycles. The first kappa shape index (κ1) is 13.5. The Balaban J connectivity index is 1.99. The zero-order valence-electron chi connectivity index (χ0n) is 11.2. The van der Waals surface area contributed by atoms with Gasteiger partial charge in [-0.2, -0.15) is 10.2 Å². The van der Waals surface area contributed by atoms with Gasteiger partial charge in [-0.3, -0.25) is 0 Å². The highest BCUT2D eigenvalue weighted by molar-refractivity contribution is 5.96. The molecule has 0 saturated carbocycles. The summed E-state index contributed by atoms with van der Waals surface area (Å²) >= 11 is 0. The smallest absolute Gasteiger partial charge is 0.346 e. The Labute approximate surface area is 124 Å². The normalized spacial score (nSPS) is 11.3. The van der Waals surface area contributed by atoms with Crippen molar-refractivity contribution in [3.8, 4) is 17.5 Å². The van der Waals surface area contributed by atoms with Crippen molar-refractivity contribution in [1.29, 1.82) is 5.26 Å². The van der Waals surface area contributed by atoms with Crippen LogP contribution in [-0.2, 0) is 4.79 Å². The van der Waals surface area contributed by atoms with Crippen molar-refractivity contribution in [3.63, 3.8) is 0 Å². The number of nitriles is 1.